The molecule has 32 nitrogen and oxygen atoms in total. The van der Waals surface area contributed by atoms with E-state index in [0.717, 1.165) is 71.1 Å². The van der Waals surface area contributed by atoms with Crippen molar-refractivity contribution in [3.8, 4) is 17.1 Å². The monoisotopic (exact) mass is 1780 g/mol. The maximum Gasteiger partial charge on any atom is 0.325 e. The molecule has 11 aromatic rings. The topological polar surface area (TPSA) is 317 Å². The van der Waals surface area contributed by atoms with Crippen LogP contribution in [0.2, 0.25) is 0 Å². The van der Waals surface area contributed by atoms with Crippen molar-refractivity contribution < 1.29 is 23.6 Å². The fourth-order valence-electron chi connectivity index (χ4n) is 17.7. The van der Waals surface area contributed by atoms with Gasteiger partial charge in [0.1, 0.15) is 29.1 Å². The number of aromatic nitrogens is 16. The maximum absolute atomic E-state index is 14.2. The van der Waals surface area contributed by atoms with Gasteiger partial charge in [0, 0.05) is 127 Å². The van der Waals surface area contributed by atoms with Crippen LogP contribution in [0.3, 0.4) is 0 Å². The van der Waals surface area contributed by atoms with E-state index in [1.807, 2.05) is 93.1 Å². The van der Waals surface area contributed by atoms with Crippen molar-refractivity contribution in [3.05, 3.63) is 211 Å². The molecule has 0 radical (unpaired) electrons. The van der Waals surface area contributed by atoms with Gasteiger partial charge in [-0.3, -0.25) is 19.6 Å². The third-order valence-electron chi connectivity index (χ3n) is 26.4. The number of carbonyl (C=O) groups excluding carboxylic acids is 4. The number of amides is 8. The van der Waals surface area contributed by atoms with E-state index in [-0.39, 0.29) is 77.8 Å². The molecule has 0 unspecified atom stereocenters. The average molecular weight is 1780 g/mol. The van der Waals surface area contributed by atoms with E-state index in [0.29, 0.717) is 120 Å². The number of hydrogen-bond acceptors (Lipinski definition) is 20. The zero-order valence-corrected chi connectivity index (χ0v) is 79.4. The number of aryl methyl sites for hydroxylation is 1. The fraction of sp³-hybridized carbons (Fsp3) is 0.490. The minimum Gasteiger partial charge on any atom is -0.346 e. The Bertz CT molecular complexity index is 5800. The summed E-state index contributed by atoms with van der Waals surface area (Å²) in [6.07, 6.45) is 31.2. The molecule has 7 fully saturated rings. The maximum atomic E-state index is 14.2. The van der Waals surface area contributed by atoms with Crippen LogP contribution in [-0.2, 0) is 5.54 Å². The lowest BCUT2D eigenvalue weighted by molar-refractivity contribution is 0.193. The number of anilines is 8. The molecule has 4 N–H and O–H groups in total. The van der Waals surface area contributed by atoms with Gasteiger partial charge in [-0.2, -0.15) is 19.9 Å². The lowest BCUT2D eigenvalue weighted by Crippen LogP contribution is -2.38. The second-order valence-corrected chi connectivity index (χ2v) is 39.0. The summed E-state index contributed by atoms with van der Waals surface area (Å²) in [6, 6.07) is 29.7. The Kier molecular flexibility index (Phi) is 27.6. The molecule has 18 rings (SSSR count). The molecule has 3 saturated carbocycles. The van der Waals surface area contributed by atoms with Crippen LogP contribution in [0.4, 0.5) is 70.6 Å². The number of halogens is 1. The molecule has 8 aromatic heterocycles. The van der Waals surface area contributed by atoms with Crippen LogP contribution in [0.1, 0.15) is 231 Å². The highest BCUT2D eigenvalue weighted by Gasteiger charge is 2.49. The van der Waals surface area contributed by atoms with E-state index in [9.17, 15) is 23.6 Å². The Labute approximate surface area is 768 Å². The van der Waals surface area contributed by atoms with Gasteiger partial charge in [0.25, 0.3) is 0 Å². The summed E-state index contributed by atoms with van der Waals surface area (Å²) in [5.74, 6) is 6.41. The minimum absolute atomic E-state index is 0.0178. The van der Waals surface area contributed by atoms with Crippen molar-refractivity contribution in [1.29, 1.82) is 0 Å². The number of carbonyl (C=O) groups is 4. The quantitative estimate of drug-likeness (QED) is 0.0391. The highest BCUT2D eigenvalue weighted by atomic mass is 19.1. The van der Waals surface area contributed by atoms with Crippen LogP contribution < -0.4 is 40.9 Å². The average Bonchev–Trinajstić information content (AvgIpc) is 1.59. The number of benzene rings is 3. The number of imidazole rings is 4. The predicted octanol–water partition coefficient (Wildman–Crippen LogP) is 18.5. The molecule has 0 spiro atoms. The van der Waals surface area contributed by atoms with E-state index in [4.69, 9.17) is 4.98 Å². The van der Waals surface area contributed by atoms with Crippen molar-refractivity contribution in [3.63, 3.8) is 0 Å². The molecular formula is C98H129FN28O4. The van der Waals surface area contributed by atoms with Crippen LogP contribution in [0.5, 0.6) is 0 Å². The highest BCUT2D eigenvalue weighted by molar-refractivity contribution is 5.96. The zero-order chi connectivity index (χ0) is 93.2. The number of hydrogen-bond donors (Lipinski definition) is 4. The van der Waals surface area contributed by atoms with Crippen molar-refractivity contribution in [2.45, 2.75) is 228 Å². The van der Waals surface area contributed by atoms with Crippen molar-refractivity contribution in [1.82, 2.24) is 97.7 Å². The number of rotatable bonds is 26. The fourth-order valence-corrected chi connectivity index (χ4v) is 17.7. The van der Waals surface area contributed by atoms with Crippen molar-refractivity contribution in [2.24, 2.45) is 29.1 Å². The molecule has 4 saturated heterocycles. The summed E-state index contributed by atoms with van der Waals surface area (Å²) in [6.45, 7) is 37.0. The Balaban J connectivity index is 0.000000134. The second-order valence-electron chi connectivity index (χ2n) is 39.0. The first kappa shape index (κ1) is 92.7. The summed E-state index contributed by atoms with van der Waals surface area (Å²) in [5, 5.41) is 13.5. The molecule has 3 aromatic carbocycles. The smallest absolute Gasteiger partial charge is 0.325 e. The number of likely N-dealkylation sites (N-methyl/N-ethyl adjacent to an activating group) is 4. The van der Waals surface area contributed by atoms with E-state index < -0.39 is 0 Å². The molecule has 12 heterocycles. The standard InChI is InChI=1S/C26H30FN7O.C25H33N7O.C24H37N7O.C23H29N7O/c1-16(2)21-13-32(3)25(35)34(21)23-6-9-28-24(30-23)31-26(7-8-26)22-14-33(15-29-22)20-11-18(17-4-5-17)10-19(27)12-20;1-16(2)19-8-7-9-20(12-19)31-13-21(27-15-31)18(5)28-24-26-11-10-23(29-24)32-22(17(3)4)14-30(6)25(32)33;1-16(2)20-14-29(6)23(32)31(20)21-9-12-25-22(28-21)27-17(3)19-13-30(15-26-19)18-7-10-24(4,5)11-8-18;1-15(2)20-13-28(5)23(31)30(20)21-10-11-24-22(27-21)26-17(4)19-12-29(14-25-19)18-8-6-16(3)7-9-18/h6,9-12,14-17,21H,4-5,7-8,13H2,1-3H3,(H,28,30,31);7-13,15-18,22H,14H2,1-6H3,(H,26,28,29);9,12-13,15-18,20H,7-8,10-11,14H2,1-6H3,(H,25,27,28);6-12,14-15,17,20H,13H2,1-5H3,(H,24,26,27)/t21-;18-,22+;2*17-,20+/m1000/s1. The molecule has 0 bridgehead atoms. The normalized spacial score (nSPS) is 19.7. The summed E-state index contributed by atoms with van der Waals surface area (Å²) < 4.78 is 22.4. The lowest BCUT2D eigenvalue weighted by Gasteiger charge is -2.34. The van der Waals surface area contributed by atoms with E-state index in [1.165, 1.54) is 36.8 Å². The predicted molar refractivity (Wildman–Crippen MR) is 510 cm³/mol. The Morgan fingerprint density at radius 3 is 1.22 bits per heavy atom. The van der Waals surface area contributed by atoms with Gasteiger partial charge < -0.3 is 59.1 Å². The molecule has 8 amide bonds. The van der Waals surface area contributed by atoms with Crippen LogP contribution in [0.15, 0.2) is 166 Å². The Hall–Kier alpha value is -13.0. The van der Waals surface area contributed by atoms with E-state index >= 15 is 0 Å². The minimum atomic E-state index is -0.361. The molecule has 4 aliphatic heterocycles. The van der Waals surface area contributed by atoms with E-state index in [1.54, 1.807) is 107 Å². The first-order valence-corrected chi connectivity index (χ1v) is 46.3. The van der Waals surface area contributed by atoms with E-state index in [2.05, 4.69) is 238 Å². The molecule has 131 heavy (non-hydrogen) atoms. The van der Waals surface area contributed by atoms with Gasteiger partial charge in [-0.15, -0.1) is 0 Å². The van der Waals surface area contributed by atoms with Crippen LogP contribution in [0, 0.1) is 41.8 Å². The number of nitrogens with zero attached hydrogens (tertiary/aromatic N) is 24. The van der Waals surface area contributed by atoms with Crippen LogP contribution >= 0.6 is 0 Å². The molecule has 692 valence electrons. The van der Waals surface area contributed by atoms with Gasteiger partial charge in [-0.1, -0.05) is 113 Å². The molecule has 33 heteroatoms. The third kappa shape index (κ3) is 21.2. The summed E-state index contributed by atoms with van der Waals surface area (Å²) >= 11 is 0. The summed E-state index contributed by atoms with van der Waals surface area (Å²) in [4.78, 5) is 120. The van der Waals surface area contributed by atoms with Gasteiger partial charge >= 0.3 is 24.1 Å². The second kappa shape index (κ2) is 39.0. The molecule has 7 aliphatic rings. The Morgan fingerprint density at radius 2 is 0.802 bits per heavy atom. The summed E-state index contributed by atoms with van der Waals surface area (Å²) in [7, 11) is 7.31. The SMILES string of the molecule is CC(C)[C@H]1CN(C)C(=O)N1c1ccnc(NC2(c3cn(-c4cc(F)cc(C5CC5)c4)cn3)CC2)n1.CC(C)[C@H]1CN(C)C(=O)N1c1ccnc(N[C@@H](C)c2cn(C3CCC(C)(C)CC3)cn2)n1.CC(C)c1cccc(-n2cnc([C@H](C)Nc3nccc(N4C(=O)N(C)C[C@@H]4C(C)C)n3)c2)c1.Cc1ccc(-n2cnc([C@H](C)Nc3nccc(N4C(=O)N(C)C[C@@H]4C(C)C)n3)c2)cc1. The highest BCUT2D eigenvalue weighted by Crippen LogP contribution is 2.48. The van der Waals surface area contributed by atoms with Gasteiger partial charge in [0.2, 0.25) is 23.8 Å². The van der Waals surface area contributed by atoms with Crippen LogP contribution in [0.25, 0.3) is 17.1 Å². The van der Waals surface area contributed by atoms with Crippen molar-refractivity contribution in [2.75, 3.05) is 95.2 Å². The largest absolute Gasteiger partial charge is 0.346 e. The molecular weight excluding hydrogens is 1650 g/mol. The lowest BCUT2D eigenvalue weighted by atomic mass is 9.75. The van der Waals surface area contributed by atoms with Gasteiger partial charge in [0.05, 0.1) is 95.9 Å². The first-order valence-electron chi connectivity index (χ1n) is 46.3. The third-order valence-corrected chi connectivity index (χ3v) is 26.4. The molecule has 3 aliphatic carbocycles. The number of urea groups is 4. The van der Waals surface area contributed by atoms with Gasteiger partial charge in [0.15, 0.2) is 0 Å². The molecule has 7 atom stereocenters. The van der Waals surface area contributed by atoms with Gasteiger partial charge in [-0.05, 0) is 198 Å². The van der Waals surface area contributed by atoms with Crippen molar-refractivity contribution >= 4 is 71.2 Å². The Morgan fingerprint density at radius 1 is 0.405 bits per heavy atom. The summed E-state index contributed by atoms with van der Waals surface area (Å²) in [5.41, 5.74) is 10.2. The zero-order valence-electron chi connectivity index (χ0n) is 79.4. The van der Waals surface area contributed by atoms with Crippen LogP contribution in [-0.4, -0.2) is 200 Å². The number of nitrogens with one attached hydrogen (secondary N) is 4. The first-order chi connectivity index (χ1) is 62.5. The van der Waals surface area contributed by atoms with Gasteiger partial charge in [-0.25, -0.2) is 63.4 Å².